The average molecular weight is 354 g/mol. The molecular weight excluding hydrogens is 342 g/mol. The van der Waals surface area contributed by atoms with Gasteiger partial charge >= 0.3 is 0 Å². The lowest BCUT2D eigenvalue weighted by Gasteiger charge is -2.10. The molecular formula is C13H12BrN3O2S. The molecule has 7 heteroatoms. The van der Waals surface area contributed by atoms with E-state index in [-0.39, 0.29) is 11.7 Å². The number of thiophene rings is 1. The van der Waals surface area contributed by atoms with E-state index in [1.165, 1.54) is 11.3 Å². The highest BCUT2D eigenvalue weighted by Gasteiger charge is 2.13. The van der Waals surface area contributed by atoms with Crippen molar-refractivity contribution in [3.05, 3.63) is 50.1 Å². The number of aryl methyl sites for hydroxylation is 1. The summed E-state index contributed by atoms with van der Waals surface area (Å²) in [4.78, 5) is 13.8. The number of amides is 1. The van der Waals surface area contributed by atoms with Crippen molar-refractivity contribution >= 4 is 44.7 Å². The molecule has 5 nitrogen and oxygen atoms in total. The molecule has 104 valence electrons. The Bertz CT molecular complexity index is 682. The summed E-state index contributed by atoms with van der Waals surface area (Å²) in [5.41, 5.74) is 6.53. The fraction of sp³-hybridized carbons (Fsp3) is 0.0769. The molecule has 0 unspecified atom stereocenters. The summed E-state index contributed by atoms with van der Waals surface area (Å²) < 4.78 is 0.782. The van der Waals surface area contributed by atoms with Gasteiger partial charge in [-0.15, -0.1) is 11.3 Å². The van der Waals surface area contributed by atoms with Crippen LogP contribution in [0.25, 0.3) is 0 Å². The van der Waals surface area contributed by atoms with Gasteiger partial charge in [-0.3, -0.25) is 4.79 Å². The number of nitrogens with zero attached hydrogens (tertiary/aromatic N) is 1. The number of oxime groups is 1. The third-order valence-electron chi connectivity index (χ3n) is 2.58. The lowest BCUT2D eigenvalue weighted by atomic mass is 10.1. The highest BCUT2D eigenvalue weighted by atomic mass is 79.9. The zero-order valence-corrected chi connectivity index (χ0v) is 13.0. The standard InChI is InChI=1S/C13H12BrN3O2S/c1-7-2-5-11(20-7)13(18)16-10-6-8(14)3-4-9(10)12(15)17-19/h2-6,19H,1H3,(H2,15,17)(H,16,18). The Hall–Kier alpha value is -1.86. The smallest absolute Gasteiger partial charge is 0.265 e. The van der Waals surface area contributed by atoms with Crippen molar-refractivity contribution in [3.8, 4) is 0 Å². The largest absolute Gasteiger partial charge is 0.409 e. The van der Waals surface area contributed by atoms with Crippen LogP contribution in [0.5, 0.6) is 0 Å². The second-order valence-corrected chi connectivity index (χ2v) is 6.24. The maximum absolute atomic E-state index is 12.1. The topological polar surface area (TPSA) is 87.7 Å². The molecule has 2 aromatic rings. The molecule has 0 aliphatic rings. The first kappa shape index (κ1) is 14.5. The first-order valence-corrected chi connectivity index (χ1v) is 7.27. The van der Waals surface area contributed by atoms with E-state index in [1.807, 2.05) is 13.0 Å². The first-order chi connectivity index (χ1) is 9.51. The molecule has 0 aliphatic carbocycles. The van der Waals surface area contributed by atoms with Crippen LogP contribution in [0.3, 0.4) is 0 Å². The molecule has 0 radical (unpaired) electrons. The Labute approximate surface area is 128 Å². The summed E-state index contributed by atoms with van der Waals surface area (Å²) in [7, 11) is 0. The summed E-state index contributed by atoms with van der Waals surface area (Å²) in [5.74, 6) is -0.289. The number of anilines is 1. The fourth-order valence-corrected chi connectivity index (χ4v) is 2.76. The summed E-state index contributed by atoms with van der Waals surface area (Å²) in [6.07, 6.45) is 0. The third-order valence-corrected chi connectivity index (χ3v) is 4.07. The van der Waals surface area contributed by atoms with Gasteiger partial charge in [0.15, 0.2) is 5.84 Å². The number of carbonyl (C=O) groups excluding carboxylic acids is 1. The van der Waals surface area contributed by atoms with Crippen molar-refractivity contribution in [3.63, 3.8) is 0 Å². The van der Waals surface area contributed by atoms with Crippen LogP contribution in [-0.4, -0.2) is 17.0 Å². The minimum Gasteiger partial charge on any atom is -0.409 e. The van der Waals surface area contributed by atoms with Crippen LogP contribution in [0.4, 0.5) is 5.69 Å². The molecule has 0 atom stereocenters. The van der Waals surface area contributed by atoms with Gasteiger partial charge in [-0.1, -0.05) is 21.1 Å². The van der Waals surface area contributed by atoms with Crippen LogP contribution >= 0.6 is 27.3 Å². The number of hydrogen-bond acceptors (Lipinski definition) is 4. The summed E-state index contributed by atoms with van der Waals surface area (Å²) >= 11 is 4.73. The Kier molecular flexibility index (Phi) is 4.41. The van der Waals surface area contributed by atoms with Gasteiger partial charge in [-0.05, 0) is 37.3 Å². The number of rotatable bonds is 3. The second-order valence-electron chi connectivity index (χ2n) is 4.04. The lowest BCUT2D eigenvalue weighted by molar-refractivity contribution is 0.103. The molecule has 0 saturated carbocycles. The highest BCUT2D eigenvalue weighted by molar-refractivity contribution is 9.10. The number of carbonyl (C=O) groups is 1. The van der Waals surface area contributed by atoms with Gasteiger partial charge in [0.25, 0.3) is 5.91 Å². The molecule has 0 spiro atoms. The van der Waals surface area contributed by atoms with E-state index >= 15 is 0 Å². The fourth-order valence-electron chi connectivity index (χ4n) is 1.64. The van der Waals surface area contributed by atoms with Crippen LogP contribution in [0.15, 0.2) is 40.0 Å². The second kappa shape index (κ2) is 6.06. The summed E-state index contributed by atoms with van der Waals surface area (Å²) in [6.45, 7) is 1.93. The zero-order chi connectivity index (χ0) is 14.7. The predicted octanol–water partition coefficient (Wildman–Crippen LogP) is 3.17. The Morgan fingerprint density at radius 3 is 2.75 bits per heavy atom. The minimum atomic E-state index is -0.229. The van der Waals surface area contributed by atoms with Crippen molar-refractivity contribution in [2.45, 2.75) is 6.92 Å². The number of amidine groups is 1. The maximum atomic E-state index is 12.1. The molecule has 0 saturated heterocycles. The van der Waals surface area contributed by atoms with Gasteiger partial charge < -0.3 is 16.3 Å². The number of nitrogens with one attached hydrogen (secondary N) is 1. The van der Waals surface area contributed by atoms with Crippen molar-refractivity contribution in [2.75, 3.05) is 5.32 Å². The summed E-state index contributed by atoms with van der Waals surface area (Å²) in [6, 6.07) is 8.75. The monoisotopic (exact) mass is 353 g/mol. The molecule has 1 heterocycles. The van der Waals surface area contributed by atoms with Gasteiger partial charge in [-0.2, -0.15) is 0 Å². The molecule has 1 aromatic carbocycles. The van der Waals surface area contributed by atoms with Crippen molar-refractivity contribution in [1.29, 1.82) is 0 Å². The van der Waals surface area contributed by atoms with Crippen LogP contribution in [-0.2, 0) is 0 Å². The van der Waals surface area contributed by atoms with E-state index < -0.39 is 0 Å². The zero-order valence-electron chi connectivity index (χ0n) is 10.6. The molecule has 1 aromatic heterocycles. The lowest BCUT2D eigenvalue weighted by Crippen LogP contribution is -2.18. The SMILES string of the molecule is Cc1ccc(C(=O)Nc2cc(Br)ccc2/C(N)=N/O)s1. The van der Waals surface area contributed by atoms with Crippen LogP contribution in [0, 0.1) is 6.92 Å². The maximum Gasteiger partial charge on any atom is 0.265 e. The van der Waals surface area contributed by atoms with Gasteiger partial charge in [0.1, 0.15) is 0 Å². The van der Waals surface area contributed by atoms with Crippen LogP contribution in [0.2, 0.25) is 0 Å². The van der Waals surface area contributed by atoms with Crippen LogP contribution < -0.4 is 11.1 Å². The normalized spacial score (nSPS) is 11.4. The first-order valence-electron chi connectivity index (χ1n) is 5.66. The molecule has 4 N–H and O–H groups in total. The summed E-state index contributed by atoms with van der Waals surface area (Å²) in [5, 5.41) is 14.5. The van der Waals surface area contributed by atoms with E-state index in [0.29, 0.717) is 16.1 Å². The number of benzene rings is 1. The van der Waals surface area contributed by atoms with Crippen molar-refractivity contribution in [1.82, 2.24) is 0 Å². The van der Waals surface area contributed by atoms with Crippen molar-refractivity contribution < 1.29 is 10.0 Å². The van der Waals surface area contributed by atoms with Crippen molar-refractivity contribution in [2.24, 2.45) is 10.9 Å². The van der Waals surface area contributed by atoms with E-state index in [2.05, 4.69) is 26.4 Å². The molecule has 0 bridgehead atoms. The van der Waals surface area contributed by atoms with Gasteiger partial charge in [0, 0.05) is 14.9 Å². The number of hydrogen-bond donors (Lipinski definition) is 3. The minimum absolute atomic E-state index is 0.0600. The Morgan fingerprint density at radius 2 is 2.15 bits per heavy atom. The molecule has 0 fully saturated rings. The van der Waals surface area contributed by atoms with E-state index in [1.54, 1.807) is 24.3 Å². The van der Waals surface area contributed by atoms with E-state index in [4.69, 9.17) is 10.9 Å². The third kappa shape index (κ3) is 3.17. The molecule has 20 heavy (non-hydrogen) atoms. The van der Waals surface area contributed by atoms with Crippen LogP contribution in [0.1, 0.15) is 20.1 Å². The molecule has 0 aliphatic heterocycles. The number of halogens is 1. The Morgan fingerprint density at radius 1 is 1.40 bits per heavy atom. The molecule has 1 amide bonds. The molecule has 2 rings (SSSR count). The van der Waals surface area contributed by atoms with Gasteiger partial charge in [0.05, 0.1) is 10.6 Å². The average Bonchev–Trinajstić information content (AvgIpc) is 2.85. The quantitative estimate of drug-likeness (QED) is 0.342. The van der Waals surface area contributed by atoms with Gasteiger partial charge in [-0.25, -0.2) is 0 Å². The number of nitrogens with two attached hydrogens (primary N) is 1. The highest BCUT2D eigenvalue weighted by Crippen LogP contribution is 2.23. The predicted molar refractivity (Wildman–Crippen MR) is 83.7 cm³/mol. The van der Waals surface area contributed by atoms with E-state index in [0.717, 1.165) is 9.35 Å². The van der Waals surface area contributed by atoms with E-state index in [9.17, 15) is 4.79 Å². The Balaban J connectivity index is 2.33. The van der Waals surface area contributed by atoms with Gasteiger partial charge in [0.2, 0.25) is 0 Å².